The Morgan fingerprint density at radius 2 is 2.05 bits per heavy atom. The summed E-state index contributed by atoms with van der Waals surface area (Å²) in [7, 11) is 0. The third kappa shape index (κ3) is 2.99. The second-order valence-electron chi connectivity index (χ2n) is 5.84. The maximum Gasteiger partial charge on any atom is 0.223 e. The molecule has 4 nitrogen and oxygen atoms in total. The Bertz CT molecular complexity index is 614. The molecule has 0 aliphatic carbocycles. The van der Waals surface area contributed by atoms with Crippen molar-refractivity contribution in [3.63, 3.8) is 0 Å². The fourth-order valence-corrected chi connectivity index (χ4v) is 3.01. The van der Waals surface area contributed by atoms with Gasteiger partial charge in [0, 0.05) is 18.5 Å². The SMILES string of the molecule is Cc1noc(C)c1CN1C[C@@H](Cc2ccccc2)CC1=O. The number of aryl methyl sites for hydroxylation is 2. The first-order valence-electron chi connectivity index (χ1n) is 7.37. The maximum atomic E-state index is 12.2. The van der Waals surface area contributed by atoms with Crippen molar-refractivity contribution in [2.45, 2.75) is 33.2 Å². The first-order valence-corrected chi connectivity index (χ1v) is 7.37. The van der Waals surface area contributed by atoms with Gasteiger partial charge in [-0.15, -0.1) is 0 Å². The molecule has 1 amide bonds. The Hall–Kier alpha value is -2.10. The molecule has 21 heavy (non-hydrogen) atoms. The number of carbonyl (C=O) groups excluding carboxylic acids is 1. The molecule has 1 aromatic carbocycles. The van der Waals surface area contributed by atoms with Gasteiger partial charge in [0.05, 0.1) is 12.2 Å². The van der Waals surface area contributed by atoms with Crippen molar-refractivity contribution in [2.24, 2.45) is 5.92 Å². The van der Waals surface area contributed by atoms with E-state index in [-0.39, 0.29) is 5.91 Å². The molecule has 0 radical (unpaired) electrons. The first kappa shape index (κ1) is 13.9. The highest BCUT2D eigenvalue weighted by atomic mass is 16.5. The zero-order valence-corrected chi connectivity index (χ0v) is 12.5. The number of hydrogen-bond donors (Lipinski definition) is 0. The van der Waals surface area contributed by atoms with Gasteiger partial charge in [0.25, 0.3) is 0 Å². The molecule has 1 atom stereocenters. The normalized spacial score (nSPS) is 18.5. The number of rotatable bonds is 4. The third-order valence-electron chi connectivity index (χ3n) is 4.19. The van der Waals surface area contributed by atoms with E-state index < -0.39 is 0 Å². The minimum atomic E-state index is 0.232. The van der Waals surface area contributed by atoms with Crippen LogP contribution in [-0.4, -0.2) is 22.5 Å². The number of amides is 1. The summed E-state index contributed by atoms with van der Waals surface area (Å²) in [6.45, 7) is 5.26. The predicted molar refractivity (Wildman–Crippen MR) is 79.6 cm³/mol. The van der Waals surface area contributed by atoms with Crippen molar-refractivity contribution in [1.82, 2.24) is 10.1 Å². The average molecular weight is 284 g/mol. The topological polar surface area (TPSA) is 46.3 Å². The standard InChI is InChI=1S/C17H20N2O2/c1-12-16(13(2)21-18-12)11-19-10-15(9-17(19)20)8-14-6-4-3-5-7-14/h3-7,15H,8-11H2,1-2H3/t15-/m0/s1. The van der Waals surface area contributed by atoms with E-state index in [9.17, 15) is 4.79 Å². The molecule has 0 spiro atoms. The molecule has 0 unspecified atom stereocenters. The number of likely N-dealkylation sites (tertiary alicyclic amines) is 1. The van der Waals surface area contributed by atoms with Crippen molar-refractivity contribution in [3.05, 3.63) is 52.9 Å². The van der Waals surface area contributed by atoms with Gasteiger partial charge in [0.1, 0.15) is 5.76 Å². The van der Waals surface area contributed by atoms with Crippen LogP contribution < -0.4 is 0 Å². The molecular weight excluding hydrogens is 264 g/mol. The van der Waals surface area contributed by atoms with Crippen LogP contribution in [0.1, 0.15) is 29.0 Å². The summed E-state index contributed by atoms with van der Waals surface area (Å²) in [5.74, 6) is 1.45. The molecule has 1 aliphatic rings. The highest BCUT2D eigenvalue weighted by Gasteiger charge is 2.30. The highest BCUT2D eigenvalue weighted by Crippen LogP contribution is 2.25. The van der Waals surface area contributed by atoms with Gasteiger partial charge in [-0.1, -0.05) is 35.5 Å². The lowest BCUT2D eigenvalue weighted by Gasteiger charge is -2.16. The van der Waals surface area contributed by atoms with Gasteiger partial charge in [-0.2, -0.15) is 0 Å². The second kappa shape index (κ2) is 5.72. The lowest BCUT2D eigenvalue weighted by Crippen LogP contribution is -2.25. The van der Waals surface area contributed by atoms with Crippen LogP contribution in [0.15, 0.2) is 34.9 Å². The predicted octanol–water partition coefficient (Wildman–Crippen LogP) is 2.88. The van der Waals surface area contributed by atoms with Gasteiger partial charge in [-0.3, -0.25) is 4.79 Å². The Morgan fingerprint density at radius 1 is 1.29 bits per heavy atom. The lowest BCUT2D eigenvalue weighted by atomic mass is 9.99. The summed E-state index contributed by atoms with van der Waals surface area (Å²) in [4.78, 5) is 14.1. The molecule has 110 valence electrons. The van der Waals surface area contributed by atoms with Gasteiger partial charge >= 0.3 is 0 Å². The van der Waals surface area contributed by atoms with Gasteiger partial charge in [0.2, 0.25) is 5.91 Å². The molecule has 0 N–H and O–H groups in total. The number of aromatic nitrogens is 1. The minimum absolute atomic E-state index is 0.232. The van der Waals surface area contributed by atoms with Gasteiger partial charge in [0.15, 0.2) is 0 Å². The largest absolute Gasteiger partial charge is 0.361 e. The van der Waals surface area contributed by atoms with Crippen molar-refractivity contribution < 1.29 is 9.32 Å². The van der Waals surface area contributed by atoms with E-state index in [1.165, 1.54) is 5.56 Å². The zero-order valence-electron chi connectivity index (χ0n) is 12.5. The van der Waals surface area contributed by atoms with E-state index in [4.69, 9.17) is 4.52 Å². The van der Waals surface area contributed by atoms with Crippen LogP contribution in [0.25, 0.3) is 0 Å². The average Bonchev–Trinajstić information content (AvgIpc) is 2.97. The van der Waals surface area contributed by atoms with Crippen LogP contribution in [0.3, 0.4) is 0 Å². The molecule has 4 heteroatoms. The Kier molecular flexibility index (Phi) is 3.78. The third-order valence-corrected chi connectivity index (χ3v) is 4.19. The van der Waals surface area contributed by atoms with Crippen LogP contribution >= 0.6 is 0 Å². The van der Waals surface area contributed by atoms with E-state index in [1.54, 1.807) is 0 Å². The van der Waals surface area contributed by atoms with Crippen LogP contribution in [0.4, 0.5) is 0 Å². The monoisotopic (exact) mass is 284 g/mol. The fourth-order valence-electron chi connectivity index (χ4n) is 3.01. The van der Waals surface area contributed by atoms with Gasteiger partial charge < -0.3 is 9.42 Å². The molecule has 2 aromatic rings. The van der Waals surface area contributed by atoms with E-state index in [1.807, 2.05) is 36.9 Å². The summed E-state index contributed by atoms with van der Waals surface area (Å²) < 4.78 is 5.18. The number of benzene rings is 1. The van der Waals surface area contributed by atoms with E-state index in [2.05, 4.69) is 17.3 Å². The summed E-state index contributed by atoms with van der Waals surface area (Å²) in [6.07, 6.45) is 1.60. The Labute approximate surface area is 124 Å². The molecular formula is C17H20N2O2. The van der Waals surface area contributed by atoms with E-state index in [0.717, 1.165) is 30.0 Å². The van der Waals surface area contributed by atoms with Gasteiger partial charge in [-0.05, 0) is 31.7 Å². The minimum Gasteiger partial charge on any atom is -0.361 e. The molecule has 0 saturated carbocycles. The van der Waals surface area contributed by atoms with Crippen molar-refractivity contribution in [1.29, 1.82) is 0 Å². The Balaban J connectivity index is 1.65. The highest BCUT2D eigenvalue weighted by molar-refractivity contribution is 5.78. The van der Waals surface area contributed by atoms with Crippen molar-refractivity contribution in [2.75, 3.05) is 6.54 Å². The zero-order chi connectivity index (χ0) is 14.8. The molecule has 1 aliphatic heterocycles. The van der Waals surface area contributed by atoms with Crippen LogP contribution in [0.5, 0.6) is 0 Å². The van der Waals surface area contributed by atoms with Crippen LogP contribution in [0.2, 0.25) is 0 Å². The molecule has 1 aromatic heterocycles. The molecule has 0 bridgehead atoms. The van der Waals surface area contributed by atoms with Crippen LogP contribution in [-0.2, 0) is 17.8 Å². The Morgan fingerprint density at radius 3 is 2.71 bits per heavy atom. The van der Waals surface area contributed by atoms with Crippen LogP contribution in [0, 0.1) is 19.8 Å². The second-order valence-corrected chi connectivity index (χ2v) is 5.84. The number of carbonyl (C=O) groups is 1. The molecule has 1 fully saturated rings. The maximum absolute atomic E-state index is 12.2. The summed E-state index contributed by atoms with van der Waals surface area (Å²) >= 11 is 0. The molecule has 1 saturated heterocycles. The quantitative estimate of drug-likeness (QED) is 0.867. The molecule has 2 heterocycles. The van der Waals surface area contributed by atoms with Crippen molar-refractivity contribution >= 4 is 5.91 Å². The van der Waals surface area contributed by atoms with E-state index >= 15 is 0 Å². The van der Waals surface area contributed by atoms with Crippen molar-refractivity contribution in [3.8, 4) is 0 Å². The molecule has 3 rings (SSSR count). The smallest absolute Gasteiger partial charge is 0.223 e. The first-order chi connectivity index (χ1) is 10.1. The van der Waals surface area contributed by atoms with Gasteiger partial charge in [-0.25, -0.2) is 0 Å². The number of hydrogen-bond acceptors (Lipinski definition) is 3. The number of nitrogens with zero attached hydrogens (tertiary/aromatic N) is 2. The lowest BCUT2D eigenvalue weighted by molar-refractivity contribution is -0.128. The fraction of sp³-hybridized carbons (Fsp3) is 0.412. The summed E-state index contributed by atoms with van der Waals surface area (Å²) in [6, 6.07) is 10.4. The van der Waals surface area contributed by atoms with E-state index in [0.29, 0.717) is 18.9 Å². The summed E-state index contributed by atoms with van der Waals surface area (Å²) in [5.41, 5.74) is 3.23. The summed E-state index contributed by atoms with van der Waals surface area (Å²) in [5, 5.41) is 3.96.